The van der Waals surface area contributed by atoms with Crippen molar-refractivity contribution >= 4 is 5.96 Å². The Bertz CT molecular complexity index is 327. The van der Waals surface area contributed by atoms with Gasteiger partial charge in [0.05, 0.1) is 19.3 Å². The van der Waals surface area contributed by atoms with Gasteiger partial charge in [0.1, 0.15) is 0 Å². The highest BCUT2D eigenvalue weighted by molar-refractivity contribution is 5.77. The quantitative estimate of drug-likeness (QED) is 0.380. The summed E-state index contributed by atoms with van der Waals surface area (Å²) in [5, 5.41) is 3.19. The molecule has 0 aromatic rings. The molecule has 23 heavy (non-hydrogen) atoms. The van der Waals surface area contributed by atoms with Crippen molar-refractivity contribution in [2.75, 3.05) is 52.5 Å². The summed E-state index contributed by atoms with van der Waals surface area (Å²) >= 11 is 0. The number of aliphatic imine (C=N–C) groups is 1. The largest absolute Gasteiger partial charge is 0.379 e. The number of nitrogens with one attached hydrogen (secondary N) is 1. The number of morpholine rings is 1. The van der Waals surface area contributed by atoms with Crippen molar-refractivity contribution in [2.45, 2.75) is 51.0 Å². The van der Waals surface area contributed by atoms with E-state index < -0.39 is 0 Å². The summed E-state index contributed by atoms with van der Waals surface area (Å²) in [6, 6.07) is 0. The molecular weight excluding hydrogens is 292 g/mol. The topological polar surface area (TPSA) is 72.1 Å². The van der Waals surface area contributed by atoms with E-state index in [0.29, 0.717) is 12.1 Å². The van der Waals surface area contributed by atoms with Crippen molar-refractivity contribution in [3.05, 3.63) is 0 Å². The molecule has 2 rings (SSSR count). The number of hydrogen-bond donors (Lipinski definition) is 2. The number of ether oxygens (including phenoxy) is 2. The predicted octanol–water partition coefficient (Wildman–Crippen LogP) is 1.35. The Labute approximate surface area is 140 Å². The summed E-state index contributed by atoms with van der Waals surface area (Å²) in [7, 11) is 0. The fraction of sp³-hybridized carbons (Fsp3) is 0.941. The Morgan fingerprint density at radius 3 is 2.74 bits per heavy atom. The molecule has 2 fully saturated rings. The van der Waals surface area contributed by atoms with Gasteiger partial charge in [-0.1, -0.05) is 19.3 Å². The van der Waals surface area contributed by atoms with Crippen molar-refractivity contribution in [1.29, 1.82) is 0 Å². The molecule has 1 heterocycles. The molecule has 0 unspecified atom stereocenters. The molecule has 0 spiro atoms. The first-order chi connectivity index (χ1) is 11.3. The number of nitrogens with two attached hydrogens (primary N) is 1. The lowest BCUT2D eigenvalue weighted by molar-refractivity contribution is 0.0281. The van der Waals surface area contributed by atoms with Crippen LogP contribution in [0, 0.1) is 0 Å². The monoisotopic (exact) mass is 326 g/mol. The van der Waals surface area contributed by atoms with E-state index in [4.69, 9.17) is 15.2 Å². The van der Waals surface area contributed by atoms with Crippen LogP contribution in [0.2, 0.25) is 0 Å². The molecule has 0 aromatic heterocycles. The number of nitrogens with zero attached hydrogens (tertiary/aromatic N) is 2. The summed E-state index contributed by atoms with van der Waals surface area (Å²) < 4.78 is 11.2. The Balaban J connectivity index is 1.41. The van der Waals surface area contributed by atoms with Crippen LogP contribution in [0.4, 0.5) is 0 Å². The first kappa shape index (κ1) is 18.5. The maximum atomic E-state index is 5.88. The molecule has 0 aromatic carbocycles. The van der Waals surface area contributed by atoms with Gasteiger partial charge in [-0.05, 0) is 32.2 Å². The minimum atomic E-state index is 0.489. The fourth-order valence-electron chi connectivity index (χ4n) is 3.15. The summed E-state index contributed by atoms with van der Waals surface area (Å²) in [4.78, 5) is 6.79. The van der Waals surface area contributed by atoms with Crippen LogP contribution in [0.5, 0.6) is 0 Å². The summed E-state index contributed by atoms with van der Waals surface area (Å²) in [6.45, 7) is 7.34. The first-order valence-electron chi connectivity index (χ1n) is 9.30. The second-order valence-electron chi connectivity index (χ2n) is 6.49. The summed E-state index contributed by atoms with van der Waals surface area (Å²) in [5.74, 6) is 0.560. The maximum Gasteiger partial charge on any atom is 0.188 e. The average Bonchev–Trinajstić information content (AvgIpc) is 2.60. The van der Waals surface area contributed by atoms with E-state index in [-0.39, 0.29) is 0 Å². The van der Waals surface area contributed by atoms with Crippen molar-refractivity contribution in [3.8, 4) is 0 Å². The van der Waals surface area contributed by atoms with Crippen molar-refractivity contribution in [3.63, 3.8) is 0 Å². The molecule has 3 N–H and O–H groups in total. The molecule has 1 aliphatic carbocycles. The van der Waals surface area contributed by atoms with E-state index >= 15 is 0 Å². The average molecular weight is 326 g/mol. The highest BCUT2D eigenvalue weighted by Crippen LogP contribution is 2.20. The highest BCUT2D eigenvalue weighted by Gasteiger charge is 2.13. The Kier molecular flexibility index (Phi) is 9.36. The number of hydrogen-bond acceptors (Lipinski definition) is 4. The van der Waals surface area contributed by atoms with E-state index in [1.807, 2.05) is 0 Å². The SMILES string of the molecule is NC(=NCCCOC1CCCCC1)NCCCN1CCOCC1. The molecule has 0 radical (unpaired) electrons. The third kappa shape index (κ3) is 8.53. The van der Waals surface area contributed by atoms with E-state index in [2.05, 4.69) is 15.2 Å². The predicted molar refractivity (Wildman–Crippen MR) is 93.8 cm³/mol. The van der Waals surface area contributed by atoms with Crippen LogP contribution >= 0.6 is 0 Å². The molecule has 134 valence electrons. The van der Waals surface area contributed by atoms with Crippen molar-refractivity contribution in [2.24, 2.45) is 10.7 Å². The van der Waals surface area contributed by atoms with Crippen LogP contribution in [-0.2, 0) is 9.47 Å². The first-order valence-corrected chi connectivity index (χ1v) is 9.30. The van der Waals surface area contributed by atoms with Gasteiger partial charge in [-0.3, -0.25) is 9.89 Å². The van der Waals surface area contributed by atoms with Crippen LogP contribution in [-0.4, -0.2) is 69.5 Å². The smallest absolute Gasteiger partial charge is 0.188 e. The van der Waals surface area contributed by atoms with Crippen molar-refractivity contribution < 1.29 is 9.47 Å². The van der Waals surface area contributed by atoms with E-state index in [1.165, 1.54) is 32.1 Å². The molecule has 0 atom stereocenters. The Morgan fingerprint density at radius 1 is 1.17 bits per heavy atom. The van der Waals surface area contributed by atoms with Gasteiger partial charge in [0.2, 0.25) is 0 Å². The molecule has 0 amide bonds. The molecule has 0 bridgehead atoms. The zero-order valence-corrected chi connectivity index (χ0v) is 14.5. The van der Waals surface area contributed by atoms with Crippen LogP contribution in [0.15, 0.2) is 4.99 Å². The third-order valence-electron chi connectivity index (χ3n) is 4.55. The minimum Gasteiger partial charge on any atom is -0.379 e. The summed E-state index contributed by atoms with van der Waals surface area (Å²) in [6.07, 6.45) is 9.01. The van der Waals surface area contributed by atoms with Crippen LogP contribution in [0.1, 0.15) is 44.9 Å². The molecule has 6 nitrogen and oxygen atoms in total. The molecule has 2 aliphatic rings. The molecule has 1 aliphatic heterocycles. The number of guanidine groups is 1. The van der Waals surface area contributed by atoms with E-state index in [0.717, 1.165) is 65.4 Å². The van der Waals surface area contributed by atoms with Gasteiger partial charge in [-0.25, -0.2) is 0 Å². The standard InChI is InChI=1S/C17H34N4O2/c18-17(19-8-4-10-21-11-14-22-15-12-21)20-9-5-13-23-16-6-2-1-3-7-16/h16H,1-15H2,(H3,18,19,20). The highest BCUT2D eigenvalue weighted by atomic mass is 16.5. The second-order valence-corrected chi connectivity index (χ2v) is 6.49. The molecule has 1 saturated heterocycles. The minimum absolute atomic E-state index is 0.489. The maximum absolute atomic E-state index is 5.88. The molecule has 1 saturated carbocycles. The Morgan fingerprint density at radius 2 is 1.96 bits per heavy atom. The van der Waals surface area contributed by atoms with Gasteiger partial charge >= 0.3 is 0 Å². The lowest BCUT2D eigenvalue weighted by atomic mass is 9.98. The second kappa shape index (κ2) is 11.6. The summed E-state index contributed by atoms with van der Waals surface area (Å²) in [5.41, 5.74) is 5.88. The lowest BCUT2D eigenvalue weighted by Gasteiger charge is -2.26. The zero-order valence-electron chi connectivity index (χ0n) is 14.5. The van der Waals surface area contributed by atoms with Crippen molar-refractivity contribution in [1.82, 2.24) is 10.2 Å². The normalized spacial score (nSPS) is 21.5. The van der Waals surface area contributed by atoms with E-state index in [1.54, 1.807) is 0 Å². The number of rotatable bonds is 9. The lowest BCUT2D eigenvalue weighted by Crippen LogP contribution is -2.39. The fourth-order valence-corrected chi connectivity index (χ4v) is 3.15. The van der Waals surface area contributed by atoms with Gasteiger partial charge in [0, 0.05) is 32.8 Å². The van der Waals surface area contributed by atoms with Gasteiger partial charge < -0.3 is 20.5 Å². The van der Waals surface area contributed by atoms with Gasteiger partial charge in [0.15, 0.2) is 5.96 Å². The van der Waals surface area contributed by atoms with Gasteiger partial charge in [0.25, 0.3) is 0 Å². The Hall–Kier alpha value is -0.850. The van der Waals surface area contributed by atoms with Crippen LogP contribution in [0.25, 0.3) is 0 Å². The van der Waals surface area contributed by atoms with E-state index in [9.17, 15) is 0 Å². The zero-order chi connectivity index (χ0) is 16.2. The molecular formula is C17H34N4O2. The van der Waals surface area contributed by atoms with Crippen LogP contribution in [0.3, 0.4) is 0 Å². The van der Waals surface area contributed by atoms with Gasteiger partial charge in [-0.15, -0.1) is 0 Å². The third-order valence-corrected chi connectivity index (χ3v) is 4.55. The van der Waals surface area contributed by atoms with Gasteiger partial charge in [-0.2, -0.15) is 0 Å². The van der Waals surface area contributed by atoms with Crippen LogP contribution < -0.4 is 11.1 Å². The molecule has 6 heteroatoms.